The number of hydrogen-bond donors (Lipinski definition) is 2. The smallest absolute Gasteiger partial charge is 0.257 e. The number of carbonyl (C=O) groups is 1. The molecule has 1 saturated heterocycles. The van der Waals surface area contributed by atoms with E-state index < -0.39 is 0 Å². The van der Waals surface area contributed by atoms with Crippen LogP contribution >= 0.6 is 33.9 Å². The van der Waals surface area contributed by atoms with E-state index in [0.717, 1.165) is 41.2 Å². The summed E-state index contributed by atoms with van der Waals surface area (Å²) in [5, 5.41) is 15.8. The second-order valence-electron chi connectivity index (χ2n) is 7.05. The normalized spacial score (nSPS) is 15.2. The number of rotatable bonds is 6. The Balaban J connectivity index is 1.25. The van der Waals surface area contributed by atoms with E-state index in [1.165, 1.54) is 16.9 Å². The zero-order chi connectivity index (χ0) is 20.1. The van der Waals surface area contributed by atoms with Gasteiger partial charge in [0.25, 0.3) is 5.91 Å². The summed E-state index contributed by atoms with van der Waals surface area (Å²) in [7, 11) is 0. The first-order chi connectivity index (χ1) is 14.2. The molecule has 0 atom stereocenters. The molecule has 6 nitrogen and oxygen atoms in total. The molecule has 1 aliphatic rings. The lowest BCUT2D eigenvalue weighted by atomic mass is 10.0. The van der Waals surface area contributed by atoms with Crippen molar-refractivity contribution in [1.82, 2.24) is 15.1 Å². The maximum Gasteiger partial charge on any atom is 0.257 e. The Kier molecular flexibility index (Phi) is 6.73. The first kappa shape index (κ1) is 20.2. The number of amides is 1. The van der Waals surface area contributed by atoms with Gasteiger partial charge in [-0.3, -0.25) is 15.0 Å². The molecule has 2 N–H and O–H groups in total. The van der Waals surface area contributed by atoms with Crippen LogP contribution in [0.3, 0.4) is 0 Å². The minimum atomic E-state index is -0.168. The zero-order valence-electron chi connectivity index (χ0n) is 15.8. The molecule has 1 amide bonds. The number of nitrogens with zero attached hydrogens (tertiary/aromatic N) is 3. The van der Waals surface area contributed by atoms with Gasteiger partial charge in [0.1, 0.15) is 0 Å². The predicted octanol–water partition coefficient (Wildman–Crippen LogP) is 4.47. The van der Waals surface area contributed by atoms with Crippen LogP contribution in [0.5, 0.6) is 0 Å². The van der Waals surface area contributed by atoms with Crippen LogP contribution in [0, 0.1) is 3.57 Å². The van der Waals surface area contributed by atoms with Crippen molar-refractivity contribution in [2.75, 3.05) is 23.7 Å². The van der Waals surface area contributed by atoms with Gasteiger partial charge in [0, 0.05) is 34.8 Å². The fraction of sp³-hybridized carbons (Fsp3) is 0.286. The summed E-state index contributed by atoms with van der Waals surface area (Å²) in [6.45, 7) is 3.12. The average Bonchev–Trinajstić information content (AvgIpc) is 3.17. The first-order valence-electron chi connectivity index (χ1n) is 9.59. The first-order valence-corrected chi connectivity index (χ1v) is 11.5. The summed E-state index contributed by atoms with van der Waals surface area (Å²) >= 11 is 3.59. The molecule has 150 valence electrons. The quantitative estimate of drug-likeness (QED) is 0.471. The third-order valence-electron chi connectivity index (χ3n) is 4.92. The van der Waals surface area contributed by atoms with Crippen LogP contribution in [0.25, 0.3) is 0 Å². The molecule has 0 aliphatic carbocycles. The van der Waals surface area contributed by atoms with Crippen LogP contribution in [0.4, 0.5) is 10.3 Å². The van der Waals surface area contributed by atoms with Crippen molar-refractivity contribution >= 4 is 50.1 Å². The highest BCUT2D eigenvalue weighted by molar-refractivity contribution is 14.1. The molecule has 0 spiro atoms. The Morgan fingerprint density at radius 2 is 1.72 bits per heavy atom. The van der Waals surface area contributed by atoms with Gasteiger partial charge in [-0.2, -0.15) is 0 Å². The summed E-state index contributed by atoms with van der Waals surface area (Å²) in [6, 6.07) is 18.4. The lowest BCUT2D eigenvalue weighted by Gasteiger charge is -2.32. The van der Waals surface area contributed by atoms with Crippen molar-refractivity contribution in [3.8, 4) is 0 Å². The largest absolute Gasteiger partial charge is 0.357 e. The van der Waals surface area contributed by atoms with Crippen LogP contribution < -0.4 is 10.6 Å². The summed E-state index contributed by atoms with van der Waals surface area (Å²) in [4.78, 5) is 14.8. The molecule has 29 heavy (non-hydrogen) atoms. The van der Waals surface area contributed by atoms with Gasteiger partial charge in [0.05, 0.1) is 0 Å². The molecule has 1 aromatic heterocycles. The molecule has 1 fully saturated rings. The zero-order valence-corrected chi connectivity index (χ0v) is 18.8. The molecule has 4 rings (SSSR count). The van der Waals surface area contributed by atoms with Gasteiger partial charge in [-0.25, -0.2) is 0 Å². The molecule has 0 radical (unpaired) electrons. The highest BCUT2D eigenvalue weighted by Gasteiger charge is 2.20. The van der Waals surface area contributed by atoms with Gasteiger partial charge in [-0.1, -0.05) is 41.7 Å². The second-order valence-corrected chi connectivity index (χ2v) is 9.28. The van der Waals surface area contributed by atoms with Crippen molar-refractivity contribution in [3.63, 3.8) is 0 Å². The Morgan fingerprint density at radius 3 is 2.45 bits per heavy atom. The summed E-state index contributed by atoms with van der Waals surface area (Å²) in [5.41, 5.74) is 1.97. The minimum Gasteiger partial charge on any atom is -0.357 e. The Hall–Kier alpha value is -2.04. The lowest BCUT2D eigenvalue weighted by Crippen LogP contribution is -2.38. The van der Waals surface area contributed by atoms with Gasteiger partial charge in [0.15, 0.2) is 0 Å². The maximum atomic E-state index is 12.3. The van der Waals surface area contributed by atoms with Crippen molar-refractivity contribution < 1.29 is 4.79 Å². The molecule has 8 heteroatoms. The molecule has 2 aromatic carbocycles. The molecule has 3 aromatic rings. The molecule has 0 bridgehead atoms. The summed E-state index contributed by atoms with van der Waals surface area (Å²) in [6.07, 6.45) is 2.13. The fourth-order valence-corrected chi connectivity index (χ4v) is 4.43. The van der Waals surface area contributed by atoms with Crippen molar-refractivity contribution in [3.05, 3.63) is 69.3 Å². The second kappa shape index (κ2) is 9.64. The maximum absolute atomic E-state index is 12.3. The van der Waals surface area contributed by atoms with Gasteiger partial charge >= 0.3 is 0 Å². The van der Waals surface area contributed by atoms with Crippen LogP contribution in [-0.2, 0) is 6.54 Å². The number of piperidine rings is 1. The van der Waals surface area contributed by atoms with Gasteiger partial charge in [-0.15, -0.1) is 10.2 Å². The lowest BCUT2D eigenvalue weighted by molar-refractivity contribution is 0.102. The Bertz CT molecular complexity index is 939. The highest BCUT2D eigenvalue weighted by Crippen LogP contribution is 2.24. The third-order valence-corrected chi connectivity index (χ3v) is 6.41. The average molecular weight is 519 g/mol. The number of aromatic nitrogens is 2. The van der Waals surface area contributed by atoms with Crippen LogP contribution in [0.2, 0.25) is 0 Å². The molecule has 1 aliphatic heterocycles. The number of hydrogen-bond acceptors (Lipinski definition) is 6. The van der Waals surface area contributed by atoms with Gasteiger partial charge in [0.2, 0.25) is 10.3 Å². The van der Waals surface area contributed by atoms with Crippen LogP contribution in [-0.4, -0.2) is 40.1 Å². The Labute approximate surface area is 187 Å². The number of carbonyl (C=O) groups excluding carboxylic acids is 1. The predicted molar refractivity (Wildman–Crippen MR) is 125 cm³/mol. The minimum absolute atomic E-state index is 0.168. The molecular formula is C21H22IN5OS. The van der Waals surface area contributed by atoms with E-state index in [1.807, 2.05) is 12.1 Å². The van der Waals surface area contributed by atoms with E-state index in [9.17, 15) is 4.79 Å². The van der Waals surface area contributed by atoms with E-state index in [2.05, 4.69) is 78.7 Å². The van der Waals surface area contributed by atoms with Crippen molar-refractivity contribution in [1.29, 1.82) is 0 Å². The fourth-order valence-electron chi connectivity index (χ4n) is 3.35. The number of benzene rings is 2. The molecule has 0 saturated carbocycles. The van der Waals surface area contributed by atoms with Gasteiger partial charge in [-0.05, 0) is 65.3 Å². The summed E-state index contributed by atoms with van der Waals surface area (Å²) in [5.74, 6) is -0.168. The third kappa shape index (κ3) is 5.74. The highest BCUT2D eigenvalue weighted by atomic mass is 127. The topological polar surface area (TPSA) is 70.1 Å². The van der Waals surface area contributed by atoms with E-state index >= 15 is 0 Å². The SMILES string of the molecule is O=C(Nc1nnc(NC2CCN(Cc3ccccc3)CC2)s1)c1ccc(I)cc1. The van der Waals surface area contributed by atoms with Crippen LogP contribution in [0.1, 0.15) is 28.8 Å². The Morgan fingerprint density at radius 1 is 1.03 bits per heavy atom. The number of anilines is 2. The van der Waals surface area contributed by atoms with E-state index in [1.54, 1.807) is 12.1 Å². The summed E-state index contributed by atoms with van der Waals surface area (Å²) < 4.78 is 1.09. The van der Waals surface area contributed by atoms with Gasteiger partial charge < -0.3 is 5.32 Å². The van der Waals surface area contributed by atoms with Crippen molar-refractivity contribution in [2.45, 2.75) is 25.4 Å². The monoisotopic (exact) mass is 519 g/mol. The molecule has 2 heterocycles. The number of nitrogens with one attached hydrogen (secondary N) is 2. The van der Waals surface area contributed by atoms with Crippen LogP contribution in [0.15, 0.2) is 54.6 Å². The number of likely N-dealkylation sites (tertiary alicyclic amines) is 1. The van der Waals surface area contributed by atoms with E-state index in [0.29, 0.717) is 16.7 Å². The van der Waals surface area contributed by atoms with Crippen molar-refractivity contribution in [2.24, 2.45) is 0 Å². The number of halogens is 1. The van der Waals surface area contributed by atoms with E-state index in [-0.39, 0.29) is 5.91 Å². The molecular weight excluding hydrogens is 497 g/mol. The van der Waals surface area contributed by atoms with E-state index in [4.69, 9.17) is 0 Å². The molecule has 0 unspecified atom stereocenters. The standard InChI is InChI=1S/C21H22IN5OS/c22-17-8-6-16(7-9-17)19(28)24-21-26-25-20(29-21)23-18-10-12-27(13-11-18)14-15-4-2-1-3-5-15/h1-9,18H,10-14H2,(H,23,25)(H,24,26,28).